The first-order valence-electron chi connectivity index (χ1n) is 8.48. The molecule has 2 aliphatic rings. The Morgan fingerprint density at radius 3 is 1.78 bits per heavy atom. The van der Waals surface area contributed by atoms with Crippen LogP contribution in [0, 0.1) is 0 Å². The largest absolute Gasteiger partial charge is 0.336 e. The standard InChI is InChI=1S/C20H22N2O/c23-18-20(16-10-4-1-5-11-16,17-12-6-2-7-13-17)22-19(21-18)14-8-3-9-15-19/h1-2,4-7,10-13,22H,3,8-9,14-15H2,(H,21,23). The summed E-state index contributed by atoms with van der Waals surface area (Å²) >= 11 is 0. The SMILES string of the molecule is O=C1NC2(CCCCC2)NC1(c1ccccc1)c1ccccc1. The van der Waals surface area contributed by atoms with Crippen LogP contribution in [0.3, 0.4) is 0 Å². The highest BCUT2D eigenvalue weighted by molar-refractivity contribution is 5.94. The maximum atomic E-state index is 13.2. The van der Waals surface area contributed by atoms with Crippen LogP contribution in [0.4, 0.5) is 0 Å². The quantitative estimate of drug-likeness (QED) is 0.894. The minimum Gasteiger partial charge on any atom is -0.336 e. The molecule has 0 unspecified atom stereocenters. The third kappa shape index (κ3) is 2.27. The average Bonchev–Trinajstić information content (AvgIpc) is 2.90. The Kier molecular flexibility index (Phi) is 3.46. The molecule has 4 rings (SSSR count). The van der Waals surface area contributed by atoms with Crippen LogP contribution in [0.5, 0.6) is 0 Å². The second-order valence-electron chi connectivity index (χ2n) is 6.70. The number of rotatable bonds is 2. The van der Waals surface area contributed by atoms with Gasteiger partial charge in [0.2, 0.25) is 0 Å². The van der Waals surface area contributed by atoms with E-state index in [4.69, 9.17) is 0 Å². The van der Waals surface area contributed by atoms with E-state index in [0.717, 1.165) is 36.8 Å². The summed E-state index contributed by atoms with van der Waals surface area (Å²) in [6.07, 6.45) is 5.57. The van der Waals surface area contributed by atoms with Crippen molar-refractivity contribution in [3.8, 4) is 0 Å². The molecule has 118 valence electrons. The van der Waals surface area contributed by atoms with Crippen molar-refractivity contribution in [3.05, 3.63) is 71.8 Å². The third-order valence-electron chi connectivity index (χ3n) is 5.24. The van der Waals surface area contributed by atoms with E-state index in [1.165, 1.54) is 6.42 Å². The molecule has 0 aromatic heterocycles. The van der Waals surface area contributed by atoms with E-state index < -0.39 is 5.54 Å². The number of carbonyl (C=O) groups excluding carboxylic acids is 1. The molecule has 0 bridgehead atoms. The molecule has 1 aliphatic carbocycles. The van der Waals surface area contributed by atoms with Crippen LogP contribution >= 0.6 is 0 Å². The molecule has 1 heterocycles. The van der Waals surface area contributed by atoms with E-state index in [0.29, 0.717) is 0 Å². The van der Waals surface area contributed by atoms with Crippen molar-refractivity contribution >= 4 is 5.91 Å². The number of carbonyl (C=O) groups is 1. The van der Waals surface area contributed by atoms with Gasteiger partial charge in [-0.2, -0.15) is 0 Å². The molecule has 2 fully saturated rings. The van der Waals surface area contributed by atoms with Gasteiger partial charge >= 0.3 is 0 Å². The Bertz CT molecular complexity index is 651. The normalized spacial score (nSPS) is 22.0. The second-order valence-corrected chi connectivity index (χ2v) is 6.70. The predicted molar refractivity (Wildman–Crippen MR) is 90.8 cm³/mol. The van der Waals surface area contributed by atoms with Crippen LogP contribution in [0.25, 0.3) is 0 Å². The van der Waals surface area contributed by atoms with E-state index in [1.54, 1.807) is 0 Å². The summed E-state index contributed by atoms with van der Waals surface area (Å²) in [5.74, 6) is 0.0665. The van der Waals surface area contributed by atoms with E-state index in [2.05, 4.69) is 10.6 Å². The van der Waals surface area contributed by atoms with Gasteiger partial charge in [0.1, 0.15) is 0 Å². The van der Waals surface area contributed by atoms with Crippen LogP contribution < -0.4 is 10.6 Å². The van der Waals surface area contributed by atoms with Crippen LogP contribution in [-0.4, -0.2) is 11.6 Å². The van der Waals surface area contributed by atoms with Gasteiger partial charge in [-0.3, -0.25) is 10.1 Å². The van der Waals surface area contributed by atoms with Gasteiger partial charge in [0, 0.05) is 0 Å². The van der Waals surface area contributed by atoms with E-state index in [-0.39, 0.29) is 11.6 Å². The fourth-order valence-electron chi connectivity index (χ4n) is 4.11. The van der Waals surface area contributed by atoms with Crippen molar-refractivity contribution in [2.24, 2.45) is 0 Å². The number of hydrogen-bond acceptors (Lipinski definition) is 2. The van der Waals surface area contributed by atoms with Gasteiger partial charge in [0.25, 0.3) is 5.91 Å². The monoisotopic (exact) mass is 306 g/mol. The van der Waals surface area contributed by atoms with Crippen molar-refractivity contribution in [1.29, 1.82) is 0 Å². The lowest BCUT2D eigenvalue weighted by atomic mass is 9.82. The fourth-order valence-corrected chi connectivity index (χ4v) is 4.11. The molecular formula is C20H22N2O. The fraction of sp³-hybridized carbons (Fsp3) is 0.350. The molecule has 1 spiro atoms. The Morgan fingerprint density at radius 2 is 1.26 bits per heavy atom. The summed E-state index contributed by atoms with van der Waals surface area (Å²) in [6, 6.07) is 20.2. The summed E-state index contributed by atoms with van der Waals surface area (Å²) in [4.78, 5) is 13.2. The van der Waals surface area contributed by atoms with Crippen molar-refractivity contribution in [1.82, 2.24) is 10.6 Å². The highest BCUT2D eigenvalue weighted by Crippen LogP contribution is 2.40. The first-order valence-corrected chi connectivity index (χ1v) is 8.48. The van der Waals surface area contributed by atoms with E-state index >= 15 is 0 Å². The zero-order chi connectivity index (χ0) is 15.8. The van der Waals surface area contributed by atoms with Gasteiger partial charge in [-0.1, -0.05) is 67.1 Å². The number of amides is 1. The van der Waals surface area contributed by atoms with Crippen molar-refractivity contribution in [2.75, 3.05) is 0 Å². The third-order valence-corrected chi connectivity index (χ3v) is 5.24. The zero-order valence-electron chi connectivity index (χ0n) is 13.2. The maximum Gasteiger partial charge on any atom is 0.251 e. The zero-order valence-corrected chi connectivity index (χ0v) is 13.2. The molecule has 0 radical (unpaired) electrons. The van der Waals surface area contributed by atoms with Gasteiger partial charge in [-0.25, -0.2) is 0 Å². The van der Waals surface area contributed by atoms with Gasteiger partial charge in [-0.05, 0) is 36.8 Å². The van der Waals surface area contributed by atoms with Crippen LogP contribution in [0.1, 0.15) is 43.2 Å². The molecule has 23 heavy (non-hydrogen) atoms. The molecule has 2 N–H and O–H groups in total. The molecule has 2 aromatic rings. The smallest absolute Gasteiger partial charge is 0.251 e. The van der Waals surface area contributed by atoms with Gasteiger partial charge in [0.15, 0.2) is 5.54 Å². The predicted octanol–water partition coefficient (Wildman–Crippen LogP) is 3.31. The van der Waals surface area contributed by atoms with Crippen molar-refractivity contribution < 1.29 is 4.79 Å². The molecule has 0 atom stereocenters. The first kappa shape index (κ1) is 14.5. The van der Waals surface area contributed by atoms with Crippen molar-refractivity contribution in [2.45, 2.75) is 43.3 Å². The van der Waals surface area contributed by atoms with Crippen molar-refractivity contribution in [3.63, 3.8) is 0 Å². The molecule has 3 nitrogen and oxygen atoms in total. The highest BCUT2D eigenvalue weighted by atomic mass is 16.2. The highest BCUT2D eigenvalue weighted by Gasteiger charge is 2.55. The van der Waals surface area contributed by atoms with E-state index in [9.17, 15) is 4.79 Å². The summed E-state index contributed by atoms with van der Waals surface area (Å²) in [5.41, 5.74) is 0.957. The van der Waals surface area contributed by atoms with Gasteiger partial charge < -0.3 is 5.32 Å². The minimum absolute atomic E-state index is 0.0665. The number of nitrogens with one attached hydrogen (secondary N) is 2. The van der Waals surface area contributed by atoms with Crippen LogP contribution in [-0.2, 0) is 10.3 Å². The molecule has 2 aromatic carbocycles. The first-order chi connectivity index (χ1) is 11.3. The number of benzene rings is 2. The Hall–Kier alpha value is -2.13. The average molecular weight is 306 g/mol. The summed E-state index contributed by atoms with van der Waals surface area (Å²) in [6.45, 7) is 0. The second kappa shape index (κ2) is 5.50. The number of hydrogen-bond donors (Lipinski definition) is 2. The summed E-state index contributed by atoms with van der Waals surface area (Å²) < 4.78 is 0. The Labute approximate surface area is 137 Å². The Morgan fingerprint density at radius 1 is 0.739 bits per heavy atom. The summed E-state index contributed by atoms with van der Waals surface area (Å²) in [5, 5.41) is 7.05. The lowest BCUT2D eigenvalue weighted by Gasteiger charge is -2.36. The molecule has 1 saturated carbocycles. The molecule has 1 aliphatic heterocycles. The van der Waals surface area contributed by atoms with Gasteiger partial charge in [-0.15, -0.1) is 0 Å². The summed E-state index contributed by atoms with van der Waals surface area (Å²) in [7, 11) is 0. The lowest BCUT2D eigenvalue weighted by Crippen LogP contribution is -2.54. The maximum absolute atomic E-state index is 13.2. The molecule has 3 heteroatoms. The van der Waals surface area contributed by atoms with Crippen LogP contribution in [0.2, 0.25) is 0 Å². The molecule has 1 saturated heterocycles. The molecular weight excluding hydrogens is 284 g/mol. The van der Waals surface area contributed by atoms with Crippen LogP contribution in [0.15, 0.2) is 60.7 Å². The Balaban J connectivity index is 1.86. The molecule has 1 amide bonds. The lowest BCUT2D eigenvalue weighted by molar-refractivity contribution is -0.123. The van der Waals surface area contributed by atoms with Gasteiger partial charge in [0.05, 0.1) is 5.66 Å². The van der Waals surface area contributed by atoms with E-state index in [1.807, 2.05) is 60.7 Å². The topological polar surface area (TPSA) is 41.1 Å². The minimum atomic E-state index is -0.792.